The zero-order valence-corrected chi connectivity index (χ0v) is 16.9. The third-order valence-electron chi connectivity index (χ3n) is 5.08. The van der Waals surface area contributed by atoms with Gasteiger partial charge in [-0.2, -0.15) is 0 Å². The highest BCUT2D eigenvalue weighted by molar-refractivity contribution is 7.12. The van der Waals surface area contributed by atoms with E-state index in [-0.39, 0.29) is 5.91 Å². The molecule has 0 radical (unpaired) electrons. The van der Waals surface area contributed by atoms with Gasteiger partial charge in [-0.05, 0) is 37.6 Å². The first kappa shape index (κ1) is 19.1. The van der Waals surface area contributed by atoms with Crippen LogP contribution in [-0.4, -0.2) is 48.4 Å². The predicted octanol–water partition coefficient (Wildman–Crippen LogP) is 3.43. The molecule has 0 spiro atoms. The Balaban J connectivity index is 1.48. The van der Waals surface area contributed by atoms with Crippen molar-refractivity contribution in [3.05, 3.63) is 56.8 Å². The standard InChI is InChI=1S/C21H29N3OS/c1-4-23-9-11-24(12-10-23)15-19-7-5-18(6-8-19)14-22-21(25)20-13-16(2)26-17(20)3/h5-8,13H,4,9-12,14-15H2,1-3H3,(H,22,25). The number of amides is 1. The van der Waals surface area contributed by atoms with Crippen molar-refractivity contribution in [1.29, 1.82) is 0 Å². The van der Waals surface area contributed by atoms with Crippen LogP contribution in [-0.2, 0) is 13.1 Å². The normalized spacial score (nSPS) is 16.0. The Bertz CT molecular complexity index is 730. The van der Waals surface area contributed by atoms with Gasteiger partial charge in [0.15, 0.2) is 0 Å². The van der Waals surface area contributed by atoms with E-state index >= 15 is 0 Å². The number of nitrogens with zero attached hydrogens (tertiary/aromatic N) is 2. The average Bonchev–Trinajstić information content (AvgIpc) is 3.00. The summed E-state index contributed by atoms with van der Waals surface area (Å²) in [7, 11) is 0. The van der Waals surface area contributed by atoms with E-state index in [4.69, 9.17) is 0 Å². The summed E-state index contributed by atoms with van der Waals surface area (Å²) in [6.07, 6.45) is 0. The summed E-state index contributed by atoms with van der Waals surface area (Å²) in [5, 5.41) is 3.03. The first-order valence-corrected chi connectivity index (χ1v) is 10.2. The van der Waals surface area contributed by atoms with E-state index in [1.807, 2.05) is 19.9 Å². The summed E-state index contributed by atoms with van der Waals surface area (Å²) in [5.74, 6) is 0.0183. The second-order valence-electron chi connectivity index (χ2n) is 7.04. The summed E-state index contributed by atoms with van der Waals surface area (Å²) in [6, 6.07) is 10.6. The van der Waals surface area contributed by atoms with Crippen molar-refractivity contribution in [1.82, 2.24) is 15.1 Å². The summed E-state index contributed by atoms with van der Waals surface area (Å²) in [4.78, 5) is 19.6. The second-order valence-corrected chi connectivity index (χ2v) is 8.50. The number of hydrogen-bond donors (Lipinski definition) is 1. The molecular formula is C21H29N3OS. The molecular weight excluding hydrogens is 342 g/mol. The van der Waals surface area contributed by atoms with E-state index < -0.39 is 0 Å². The monoisotopic (exact) mass is 371 g/mol. The largest absolute Gasteiger partial charge is 0.348 e. The maximum Gasteiger partial charge on any atom is 0.252 e. The van der Waals surface area contributed by atoms with E-state index in [1.54, 1.807) is 11.3 Å². The first-order chi connectivity index (χ1) is 12.5. The maximum atomic E-state index is 12.3. The quantitative estimate of drug-likeness (QED) is 0.845. The Morgan fingerprint density at radius 1 is 1.04 bits per heavy atom. The summed E-state index contributed by atoms with van der Waals surface area (Å²) in [5.41, 5.74) is 3.28. The van der Waals surface area contributed by atoms with Crippen molar-refractivity contribution >= 4 is 17.2 Å². The van der Waals surface area contributed by atoms with Crippen LogP contribution in [0.1, 0.15) is 38.2 Å². The van der Waals surface area contributed by atoms with E-state index in [1.165, 1.54) is 23.5 Å². The molecule has 26 heavy (non-hydrogen) atoms. The highest BCUT2D eigenvalue weighted by atomic mass is 32.1. The van der Waals surface area contributed by atoms with Crippen molar-refractivity contribution < 1.29 is 4.79 Å². The van der Waals surface area contributed by atoms with Crippen LogP contribution in [0.15, 0.2) is 30.3 Å². The number of likely N-dealkylation sites (N-methyl/N-ethyl adjacent to an activating group) is 1. The number of carbonyl (C=O) groups excluding carboxylic acids is 1. The molecule has 1 N–H and O–H groups in total. The van der Waals surface area contributed by atoms with Gasteiger partial charge in [-0.3, -0.25) is 9.69 Å². The molecule has 0 saturated carbocycles. The van der Waals surface area contributed by atoms with Crippen LogP contribution in [0.5, 0.6) is 0 Å². The van der Waals surface area contributed by atoms with Gasteiger partial charge in [-0.25, -0.2) is 0 Å². The molecule has 5 heteroatoms. The molecule has 0 bridgehead atoms. The minimum atomic E-state index is 0.0183. The molecule has 1 aliphatic heterocycles. The molecule has 3 rings (SSSR count). The number of aryl methyl sites for hydroxylation is 2. The molecule has 2 aromatic rings. The number of carbonyl (C=O) groups is 1. The first-order valence-electron chi connectivity index (χ1n) is 9.43. The molecule has 1 aromatic carbocycles. The van der Waals surface area contributed by atoms with Gasteiger partial charge in [-0.15, -0.1) is 11.3 Å². The second kappa shape index (κ2) is 8.80. The van der Waals surface area contributed by atoms with Gasteiger partial charge in [0.1, 0.15) is 0 Å². The Labute approximate surface area is 160 Å². The average molecular weight is 372 g/mol. The predicted molar refractivity (Wildman–Crippen MR) is 109 cm³/mol. The molecule has 0 atom stereocenters. The smallest absolute Gasteiger partial charge is 0.252 e. The molecule has 0 aliphatic carbocycles. The van der Waals surface area contributed by atoms with Crippen molar-refractivity contribution in [2.45, 2.75) is 33.9 Å². The van der Waals surface area contributed by atoms with Crippen molar-refractivity contribution in [3.8, 4) is 0 Å². The van der Waals surface area contributed by atoms with Crippen LogP contribution >= 0.6 is 11.3 Å². The molecule has 2 heterocycles. The number of nitrogens with one attached hydrogen (secondary N) is 1. The third-order valence-corrected chi connectivity index (χ3v) is 6.05. The fourth-order valence-electron chi connectivity index (χ4n) is 3.42. The number of piperazine rings is 1. The summed E-state index contributed by atoms with van der Waals surface area (Å²) in [6.45, 7) is 13.6. The molecule has 4 nitrogen and oxygen atoms in total. The molecule has 1 aliphatic rings. The minimum absolute atomic E-state index is 0.0183. The van der Waals surface area contributed by atoms with E-state index in [2.05, 4.69) is 46.3 Å². The van der Waals surface area contributed by atoms with Crippen molar-refractivity contribution in [2.24, 2.45) is 0 Å². The van der Waals surface area contributed by atoms with Crippen molar-refractivity contribution in [3.63, 3.8) is 0 Å². The van der Waals surface area contributed by atoms with Crippen LogP contribution in [0.2, 0.25) is 0 Å². The van der Waals surface area contributed by atoms with Gasteiger partial charge in [0.25, 0.3) is 5.91 Å². The van der Waals surface area contributed by atoms with Gasteiger partial charge >= 0.3 is 0 Å². The molecule has 0 unspecified atom stereocenters. The Hall–Kier alpha value is -1.69. The SMILES string of the molecule is CCN1CCN(Cc2ccc(CNC(=O)c3cc(C)sc3C)cc2)CC1. The summed E-state index contributed by atoms with van der Waals surface area (Å²) < 4.78 is 0. The Morgan fingerprint density at radius 3 is 2.23 bits per heavy atom. The van der Waals surface area contributed by atoms with Crippen LogP contribution in [0.4, 0.5) is 0 Å². The highest BCUT2D eigenvalue weighted by Gasteiger charge is 2.15. The highest BCUT2D eigenvalue weighted by Crippen LogP contribution is 2.20. The molecule has 1 fully saturated rings. The molecule has 1 saturated heterocycles. The van der Waals surface area contributed by atoms with Gasteiger partial charge in [0, 0.05) is 49.0 Å². The van der Waals surface area contributed by atoms with Gasteiger partial charge in [0.05, 0.1) is 5.56 Å². The number of rotatable bonds is 6. The lowest BCUT2D eigenvalue weighted by atomic mass is 10.1. The number of hydrogen-bond acceptors (Lipinski definition) is 4. The lowest BCUT2D eigenvalue weighted by molar-refractivity contribution is 0.0951. The van der Waals surface area contributed by atoms with Crippen LogP contribution in [0, 0.1) is 13.8 Å². The fraction of sp³-hybridized carbons (Fsp3) is 0.476. The number of benzene rings is 1. The Morgan fingerprint density at radius 2 is 1.65 bits per heavy atom. The molecule has 1 amide bonds. The van der Waals surface area contributed by atoms with E-state index in [0.717, 1.165) is 42.2 Å². The van der Waals surface area contributed by atoms with E-state index in [0.29, 0.717) is 6.54 Å². The number of thiophene rings is 1. The van der Waals surface area contributed by atoms with Crippen molar-refractivity contribution in [2.75, 3.05) is 32.7 Å². The maximum absolute atomic E-state index is 12.3. The summed E-state index contributed by atoms with van der Waals surface area (Å²) >= 11 is 1.67. The van der Waals surface area contributed by atoms with Crippen LogP contribution in [0.25, 0.3) is 0 Å². The fourth-order valence-corrected chi connectivity index (χ4v) is 4.34. The molecule has 140 valence electrons. The lowest BCUT2D eigenvalue weighted by Crippen LogP contribution is -2.45. The zero-order chi connectivity index (χ0) is 18.5. The van der Waals surface area contributed by atoms with Gasteiger partial charge < -0.3 is 10.2 Å². The topological polar surface area (TPSA) is 35.6 Å². The minimum Gasteiger partial charge on any atom is -0.348 e. The Kier molecular flexibility index (Phi) is 6.46. The van der Waals surface area contributed by atoms with Gasteiger partial charge in [-0.1, -0.05) is 31.2 Å². The zero-order valence-electron chi connectivity index (χ0n) is 16.0. The van der Waals surface area contributed by atoms with Gasteiger partial charge in [0.2, 0.25) is 0 Å². The molecule has 1 aromatic heterocycles. The van der Waals surface area contributed by atoms with E-state index in [9.17, 15) is 4.79 Å². The van der Waals surface area contributed by atoms with Crippen LogP contribution < -0.4 is 5.32 Å². The lowest BCUT2D eigenvalue weighted by Gasteiger charge is -2.34. The third kappa shape index (κ3) is 4.93. The van der Waals surface area contributed by atoms with Crippen LogP contribution in [0.3, 0.4) is 0 Å².